The maximum Gasteiger partial charge on any atom is 0.266 e. The van der Waals surface area contributed by atoms with Crippen LogP contribution in [0, 0.1) is 6.92 Å². The first kappa shape index (κ1) is 14.2. The van der Waals surface area contributed by atoms with E-state index in [1.54, 1.807) is 29.7 Å². The number of hydrogen-bond donors (Lipinski definition) is 0. The number of rotatable bonds is 4. The Hall–Kier alpha value is -1.80. The fraction of sp³-hybridized carbons (Fsp3) is 0.538. The van der Waals surface area contributed by atoms with Crippen molar-refractivity contribution in [3.63, 3.8) is 0 Å². The number of aromatic nitrogens is 4. The summed E-state index contributed by atoms with van der Waals surface area (Å²) in [4.78, 5) is 16.2. The maximum absolute atomic E-state index is 11.6. The summed E-state index contributed by atoms with van der Waals surface area (Å²) in [6.45, 7) is 7.30. The van der Waals surface area contributed by atoms with Crippen LogP contribution < -0.4 is 10.5 Å². The number of piperazine rings is 1. The van der Waals surface area contributed by atoms with Gasteiger partial charge < -0.3 is 4.90 Å². The minimum Gasteiger partial charge on any atom is -0.344 e. The Kier molecular flexibility index (Phi) is 4.26. The smallest absolute Gasteiger partial charge is 0.266 e. The Balaban J connectivity index is 1.50. The fourth-order valence-electron chi connectivity index (χ4n) is 2.37. The van der Waals surface area contributed by atoms with Crippen molar-refractivity contribution >= 4 is 16.5 Å². The Morgan fingerprint density at radius 1 is 1.19 bits per heavy atom. The zero-order valence-electron chi connectivity index (χ0n) is 12.0. The topological polar surface area (TPSA) is 67.2 Å². The molecule has 8 heteroatoms. The Morgan fingerprint density at radius 3 is 2.67 bits per heavy atom. The van der Waals surface area contributed by atoms with E-state index in [-0.39, 0.29) is 5.56 Å². The summed E-state index contributed by atoms with van der Waals surface area (Å²) in [6, 6.07) is 3.21. The molecule has 2 aromatic heterocycles. The van der Waals surface area contributed by atoms with Gasteiger partial charge in [0.05, 0.1) is 6.54 Å². The lowest BCUT2D eigenvalue weighted by atomic mass is 10.3. The molecule has 0 spiro atoms. The van der Waals surface area contributed by atoms with Crippen LogP contribution in [0.4, 0.5) is 5.13 Å². The second-order valence-corrected chi connectivity index (χ2v) is 6.18. The molecule has 1 fully saturated rings. The van der Waals surface area contributed by atoms with E-state index in [0.717, 1.165) is 42.9 Å². The monoisotopic (exact) mass is 306 g/mol. The number of hydrogen-bond acceptors (Lipinski definition) is 7. The van der Waals surface area contributed by atoms with E-state index < -0.39 is 0 Å². The molecular formula is C13H18N6OS. The molecule has 112 valence electrons. The Morgan fingerprint density at radius 2 is 2.00 bits per heavy atom. The fourth-order valence-corrected chi connectivity index (χ4v) is 3.11. The lowest BCUT2D eigenvalue weighted by Crippen LogP contribution is -2.47. The zero-order chi connectivity index (χ0) is 14.7. The first-order chi connectivity index (χ1) is 10.2. The third-order valence-electron chi connectivity index (χ3n) is 3.57. The van der Waals surface area contributed by atoms with Crippen molar-refractivity contribution in [3.05, 3.63) is 33.7 Å². The average molecular weight is 306 g/mol. The van der Waals surface area contributed by atoms with E-state index in [1.165, 1.54) is 4.68 Å². The molecule has 0 aromatic carbocycles. The highest BCUT2D eigenvalue weighted by Gasteiger charge is 2.19. The molecule has 0 unspecified atom stereocenters. The van der Waals surface area contributed by atoms with Gasteiger partial charge in [-0.25, -0.2) is 4.68 Å². The van der Waals surface area contributed by atoms with Gasteiger partial charge >= 0.3 is 0 Å². The van der Waals surface area contributed by atoms with Crippen LogP contribution in [-0.4, -0.2) is 57.6 Å². The van der Waals surface area contributed by atoms with Crippen molar-refractivity contribution in [2.75, 3.05) is 37.6 Å². The van der Waals surface area contributed by atoms with Crippen molar-refractivity contribution in [1.82, 2.24) is 24.9 Å². The van der Waals surface area contributed by atoms with Gasteiger partial charge in [-0.1, -0.05) is 11.3 Å². The zero-order valence-corrected chi connectivity index (χ0v) is 12.8. The van der Waals surface area contributed by atoms with E-state index in [2.05, 4.69) is 25.1 Å². The lowest BCUT2D eigenvalue weighted by molar-refractivity contribution is 0.242. The summed E-state index contributed by atoms with van der Waals surface area (Å²) in [6.07, 6.45) is 1.65. The van der Waals surface area contributed by atoms with Crippen LogP contribution >= 0.6 is 11.3 Å². The van der Waals surface area contributed by atoms with Crippen LogP contribution in [0.25, 0.3) is 0 Å². The van der Waals surface area contributed by atoms with Gasteiger partial charge in [-0.05, 0) is 13.0 Å². The number of anilines is 1. The van der Waals surface area contributed by atoms with Crippen molar-refractivity contribution in [2.24, 2.45) is 0 Å². The highest BCUT2D eigenvalue weighted by atomic mass is 32.1. The van der Waals surface area contributed by atoms with Crippen LogP contribution in [-0.2, 0) is 6.54 Å². The summed E-state index contributed by atoms with van der Waals surface area (Å²) in [5.74, 6) is 0. The van der Waals surface area contributed by atoms with Gasteiger partial charge in [0, 0.05) is 45.0 Å². The molecule has 3 heterocycles. The minimum absolute atomic E-state index is 0.0412. The van der Waals surface area contributed by atoms with Gasteiger partial charge in [-0.15, -0.1) is 10.2 Å². The van der Waals surface area contributed by atoms with Crippen molar-refractivity contribution < 1.29 is 0 Å². The molecule has 1 aliphatic heterocycles. The molecule has 1 saturated heterocycles. The van der Waals surface area contributed by atoms with Crippen LogP contribution in [0.1, 0.15) is 5.01 Å². The van der Waals surface area contributed by atoms with Gasteiger partial charge in [0.25, 0.3) is 5.56 Å². The summed E-state index contributed by atoms with van der Waals surface area (Å²) in [7, 11) is 0. The van der Waals surface area contributed by atoms with E-state index >= 15 is 0 Å². The normalized spacial score (nSPS) is 16.3. The average Bonchev–Trinajstić information content (AvgIpc) is 2.94. The van der Waals surface area contributed by atoms with E-state index in [4.69, 9.17) is 0 Å². The van der Waals surface area contributed by atoms with Crippen LogP contribution in [0.3, 0.4) is 0 Å². The molecule has 21 heavy (non-hydrogen) atoms. The molecular weight excluding hydrogens is 288 g/mol. The van der Waals surface area contributed by atoms with E-state index in [0.29, 0.717) is 6.54 Å². The molecule has 0 saturated carbocycles. The quantitative estimate of drug-likeness (QED) is 0.805. The van der Waals surface area contributed by atoms with Crippen molar-refractivity contribution in [2.45, 2.75) is 13.5 Å². The van der Waals surface area contributed by atoms with Crippen LogP contribution in [0.2, 0.25) is 0 Å². The molecule has 7 nitrogen and oxygen atoms in total. The second kappa shape index (κ2) is 6.31. The van der Waals surface area contributed by atoms with Gasteiger partial charge in [0.15, 0.2) is 0 Å². The van der Waals surface area contributed by atoms with Crippen molar-refractivity contribution in [3.8, 4) is 0 Å². The first-order valence-corrected chi connectivity index (χ1v) is 7.83. The standard InChI is InChI=1S/C13H18N6OS/c1-11-15-16-13(21-11)18-8-5-17(6-9-18)7-10-19-12(20)3-2-4-14-19/h2-4H,5-10H2,1H3. The maximum atomic E-state index is 11.6. The summed E-state index contributed by atoms with van der Waals surface area (Å²) >= 11 is 1.64. The Bertz CT molecular complexity index is 646. The predicted octanol–water partition coefficient (Wildman–Crippen LogP) is 0.225. The van der Waals surface area contributed by atoms with Gasteiger partial charge in [0.1, 0.15) is 5.01 Å². The summed E-state index contributed by atoms with van der Waals surface area (Å²) in [5.41, 5.74) is -0.0412. The molecule has 0 radical (unpaired) electrons. The summed E-state index contributed by atoms with van der Waals surface area (Å²) < 4.78 is 1.51. The van der Waals surface area contributed by atoms with Crippen LogP contribution in [0.5, 0.6) is 0 Å². The molecule has 0 atom stereocenters. The molecule has 2 aromatic rings. The number of nitrogens with zero attached hydrogens (tertiary/aromatic N) is 6. The lowest BCUT2D eigenvalue weighted by Gasteiger charge is -2.34. The minimum atomic E-state index is -0.0412. The van der Waals surface area contributed by atoms with Crippen LogP contribution in [0.15, 0.2) is 23.1 Å². The third-order valence-corrected chi connectivity index (χ3v) is 4.47. The predicted molar refractivity (Wildman–Crippen MR) is 81.8 cm³/mol. The second-order valence-electron chi connectivity index (χ2n) is 5.02. The molecule has 0 amide bonds. The third kappa shape index (κ3) is 3.45. The van der Waals surface area contributed by atoms with E-state index in [1.807, 2.05) is 6.92 Å². The summed E-state index contributed by atoms with van der Waals surface area (Å²) in [5, 5.41) is 14.3. The first-order valence-electron chi connectivity index (χ1n) is 7.02. The molecule has 3 rings (SSSR count). The highest BCUT2D eigenvalue weighted by Crippen LogP contribution is 2.20. The van der Waals surface area contributed by atoms with E-state index in [9.17, 15) is 4.79 Å². The SMILES string of the molecule is Cc1nnc(N2CCN(CCn3ncccc3=O)CC2)s1. The largest absolute Gasteiger partial charge is 0.344 e. The molecule has 0 bridgehead atoms. The van der Waals surface area contributed by atoms with Gasteiger partial charge in [-0.3, -0.25) is 9.69 Å². The van der Waals surface area contributed by atoms with Gasteiger partial charge in [0.2, 0.25) is 5.13 Å². The number of aryl methyl sites for hydroxylation is 1. The Labute approximate surface area is 126 Å². The molecule has 0 N–H and O–H groups in total. The van der Waals surface area contributed by atoms with Gasteiger partial charge in [-0.2, -0.15) is 5.10 Å². The molecule has 0 aliphatic carbocycles. The van der Waals surface area contributed by atoms with Crippen molar-refractivity contribution in [1.29, 1.82) is 0 Å². The highest BCUT2D eigenvalue weighted by molar-refractivity contribution is 7.15. The molecule has 1 aliphatic rings.